The highest BCUT2D eigenvalue weighted by Gasteiger charge is 2.50. The van der Waals surface area contributed by atoms with Crippen LogP contribution in [0.25, 0.3) is 0 Å². The fraction of sp³-hybridized carbons (Fsp3) is 0.440. The number of carbonyl (C=O) groups excluding carboxylic acids is 2. The lowest BCUT2D eigenvalue weighted by atomic mass is 9.81. The lowest BCUT2D eigenvalue weighted by Gasteiger charge is -2.35. The predicted octanol–water partition coefficient (Wildman–Crippen LogP) is 5.20. The van der Waals surface area contributed by atoms with Crippen LogP contribution in [0, 0.1) is 11.7 Å². The number of nitrogens with two attached hydrogens (primary N) is 1. The Morgan fingerprint density at radius 3 is 2.11 bits per heavy atom. The Labute approximate surface area is 207 Å². The van der Waals surface area contributed by atoms with Gasteiger partial charge >= 0.3 is 12.4 Å². The summed E-state index contributed by atoms with van der Waals surface area (Å²) < 4.78 is 99.7. The standard InChI is InChI=1S/C25H23F7N2O3/c1-12(14-6-16(24(27,28)29)10-17(7-14)25(30,31)32)37-20-11-34-19(8-15(23(33)36)9-21(34)35)22(20)13-2-4-18(26)5-3-13/h2-7,10,12,15,19-20,22H,8-9,11H2,1H3,(H2,33,36)/t12-,15?,19+,20+,22?/m1/s1. The zero-order valence-corrected chi connectivity index (χ0v) is 19.4. The highest BCUT2D eigenvalue weighted by molar-refractivity contribution is 5.86. The first-order valence-electron chi connectivity index (χ1n) is 11.4. The third-order valence-corrected chi connectivity index (χ3v) is 6.98. The van der Waals surface area contributed by atoms with Crippen molar-refractivity contribution in [1.29, 1.82) is 0 Å². The van der Waals surface area contributed by atoms with Crippen molar-refractivity contribution in [2.24, 2.45) is 11.7 Å². The molecule has 2 saturated heterocycles. The number of primary amides is 1. The maximum Gasteiger partial charge on any atom is 0.416 e. The molecular formula is C25H23F7N2O3. The summed E-state index contributed by atoms with van der Waals surface area (Å²) in [5, 5.41) is 0. The Balaban J connectivity index is 1.70. The van der Waals surface area contributed by atoms with E-state index in [1.54, 1.807) is 0 Å². The number of fused-ring (bicyclic) bond motifs is 1. The molecule has 5 atom stereocenters. The van der Waals surface area contributed by atoms with Gasteiger partial charge in [0, 0.05) is 30.8 Å². The van der Waals surface area contributed by atoms with E-state index in [9.17, 15) is 40.3 Å². The minimum atomic E-state index is -5.02. The van der Waals surface area contributed by atoms with Crippen molar-refractivity contribution in [3.63, 3.8) is 0 Å². The number of halogens is 7. The van der Waals surface area contributed by atoms with Crippen LogP contribution in [0.5, 0.6) is 0 Å². The molecule has 0 spiro atoms. The Morgan fingerprint density at radius 2 is 1.59 bits per heavy atom. The summed E-state index contributed by atoms with van der Waals surface area (Å²) in [5.41, 5.74) is 2.70. The van der Waals surface area contributed by atoms with E-state index in [1.807, 2.05) is 0 Å². The molecule has 2 N–H and O–H groups in total. The molecule has 2 unspecified atom stereocenters. The number of ether oxygens (including phenoxy) is 1. The SMILES string of the molecule is C[C@@H](O[C@H]1CN2C(=O)CC(C(N)=O)C[C@H]2C1c1ccc(F)cc1)c1cc(C(F)(F)F)cc(C(F)(F)F)c1. The van der Waals surface area contributed by atoms with E-state index in [4.69, 9.17) is 10.5 Å². The van der Waals surface area contributed by atoms with Gasteiger partial charge in [0.2, 0.25) is 11.8 Å². The third kappa shape index (κ3) is 5.58. The topological polar surface area (TPSA) is 72.6 Å². The lowest BCUT2D eigenvalue weighted by molar-refractivity contribution is -0.143. The Kier molecular flexibility index (Phi) is 7.00. The van der Waals surface area contributed by atoms with Crippen LogP contribution in [-0.2, 0) is 26.7 Å². The van der Waals surface area contributed by atoms with Crippen LogP contribution in [0.2, 0.25) is 0 Å². The highest BCUT2D eigenvalue weighted by atomic mass is 19.4. The van der Waals surface area contributed by atoms with E-state index >= 15 is 0 Å². The maximum atomic E-state index is 13.6. The number of alkyl halides is 6. The Morgan fingerprint density at radius 1 is 1.03 bits per heavy atom. The number of carbonyl (C=O) groups is 2. The molecule has 0 aliphatic carbocycles. The summed E-state index contributed by atoms with van der Waals surface area (Å²) in [6.07, 6.45) is -12.0. The van der Waals surface area contributed by atoms with Crippen molar-refractivity contribution in [3.05, 3.63) is 70.5 Å². The maximum absolute atomic E-state index is 13.6. The van der Waals surface area contributed by atoms with E-state index in [-0.39, 0.29) is 36.9 Å². The van der Waals surface area contributed by atoms with Gasteiger partial charge in [0.1, 0.15) is 5.82 Å². The van der Waals surface area contributed by atoms with Gasteiger partial charge in [0.05, 0.1) is 23.3 Å². The summed E-state index contributed by atoms with van der Waals surface area (Å²) in [5.74, 6) is -2.92. The zero-order chi connectivity index (χ0) is 27.3. The number of nitrogens with zero attached hydrogens (tertiary/aromatic N) is 1. The Hall–Kier alpha value is -3.15. The zero-order valence-electron chi connectivity index (χ0n) is 19.4. The van der Waals surface area contributed by atoms with Crippen LogP contribution in [0.1, 0.15) is 54.0 Å². The number of benzene rings is 2. The molecule has 200 valence electrons. The molecule has 2 amide bonds. The van der Waals surface area contributed by atoms with Gasteiger partial charge in [-0.25, -0.2) is 4.39 Å². The molecule has 0 radical (unpaired) electrons. The molecular weight excluding hydrogens is 509 g/mol. The van der Waals surface area contributed by atoms with Gasteiger partial charge in [0.25, 0.3) is 0 Å². The van der Waals surface area contributed by atoms with Crippen LogP contribution in [0.4, 0.5) is 30.7 Å². The summed E-state index contributed by atoms with van der Waals surface area (Å²) in [4.78, 5) is 26.1. The number of rotatable bonds is 5. The first kappa shape index (κ1) is 26.9. The molecule has 0 saturated carbocycles. The smallest absolute Gasteiger partial charge is 0.369 e. The third-order valence-electron chi connectivity index (χ3n) is 6.98. The van der Waals surface area contributed by atoms with Crippen LogP contribution in [-0.4, -0.2) is 35.4 Å². The molecule has 2 aliphatic heterocycles. The molecule has 2 fully saturated rings. The lowest BCUT2D eigenvalue weighted by Crippen LogP contribution is -2.47. The summed E-state index contributed by atoms with van der Waals surface area (Å²) >= 11 is 0. The van der Waals surface area contributed by atoms with Crippen molar-refractivity contribution in [3.8, 4) is 0 Å². The van der Waals surface area contributed by atoms with Gasteiger partial charge in [-0.05, 0) is 54.8 Å². The number of hydrogen-bond acceptors (Lipinski definition) is 3. The normalized spacial score (nSPS) is 25.2. The number of hydrogen-bond donors (Lipinski definition) is 1. The van der Waals surface area contributed by atoms with E-state index in [0.29, 0.717) is 17.7 Å². The van der Waals surface area contributed by atoms with Gasteiger partial charge in [0.15, 0.2) is 0 Å². The van der Waals surface area contributed by atoms with E-state index in [0.717, 1.165) is 0 Å². The van der Waals surface area contributed by atoms with Crippen LogP contribution < -0.4 is 5.73 Å². The molecule has 4 rings (SSSR count). The van der Waals surface area contributed by atoms with Crippen LogP contribution in [0.15, 0.2) is 42.5 Å². The fourth-order valence-corrected chi connectivity index (χ4v) is 5.17. The van der Waals surface area contributed by atoms with Gasteiger partial charge in [-0.1, -0.05) is 12.1 Å². The van der Waals surface area contributed by atoms with Crippen molar-refractivity contribution < 1.29 is 45.1 Å². The molecule has 0 bridgehead atoms. The van der Waals surface area contributed by atoms with Gasteiger partial charge in [-0.3, -0.25) is 9.59 Å². The molecule has 12 heteroatoms. The highest BCUT2D eigenvalue weighted by Crippen LogP contribution is 2.44. The molecule has 2 aromatic rings. The molecule has 0 aromatic heterocycles. The largest absolute Gasteiger partial charge is 0.416 e. The molecule has 2 aliphatic rings. The minimum absolute atomic E-state index is 0.00749. The second kappa shape index (κ2) is 9.62. The van der Waals surface area contributed by atoms with E-state index in [2.05, 4.69) is 0 Å². The summed E-state index contributed by atoms with van der Waals surface area (Å²) in [7, 11) is 0. The molecule has 37 heavy (non-hydrogen) atoms. The second-order valence-electron chi connectivity index (χ2n) is 9.39. The number of piperidine rings is 1. The van der Waals surface area contributed by atoms with Gasteiger partial charge in [-0.15, -0.1) is 0 Å². The average Bonchev–Trinajstić information content (AvgIpc) is 3.16. The summed E-state index contributed by atoms with van der Waals surface area (Å²) in [6.45, 7) is 1.31. The summed E-state index contributed by atoms with van der Waals surface area (Å²) in [6, 6.07) is 5.98. The van der Waals surface area contributed by atoms with Gasteiger partial charge < -0.3 is 15.4 Å². The van der Waals surface area contributed by atoms with Crippen LogP contribution >= 0.6 is 0 Å². The quantitative estimate of drug-likeness (QED) is 0.539. The fourth-order valence-electron chi connectivity index (χ4n) is 5.17. The second-order valence-corrected chi connectivity index (χ2v) is 9.39. The van der Waals surface area contributed by atoms with Gasteiger partial charge in [-0.2, -0.15) is 26.3 Å². The number of amides is 2. The van der Waals surface area contributed by atoms with Crippen molar-refractivity contribution in [1.82, 2.24) is 4.90 Å². The first-order chi connectivity index (χ1) is 17.1. The molecule has 2 aromatic carbocycles. The van der Waals surface area contributed by atoms with E-state index < -0.39 is 65.3 Å². The minimum Gasteiger partial charge on any atom is -0.369 e. The van der Waals surface area contributed by atoms with Crippen molar-refractivity contribution in [2.45, 2.75) is 56.3 Å². The predicted molar refractivity (Wildman–Crippen MR) is 116 cm³/mol. The van der Waals surface area contributed by atoms with Crippen LogP contribution in [0.3, 0.4) is 0 Å². The van der Waals surface area contributed by atoms with Crippen molar-refractivity contribution in [2.75, 3.05) is 6.54 Å². The van der Waals surface area contributed by atoms with Crippen molar-refractivity contribution >= 4 is 11.8 Å². The average molecular weight is 532 g/mol. The molecule has 2 heterocycles. The Bertz CT molecular complexity index is 1150. The molecule has 5 nitrogen and oxygen atoms in total. The van der Waals surface area contributed by atoms with E-state index in [1.165, 1.54) is 36.1 Å². The monoisotopic (exact) mass is 532 g/mol. The first-order valence-corrected chi connectivity index (χ1v) is 11.4.